The average molecular weight is 272 g/mol. The lowest BCUT2D eigenvalue weighted by atomic mass is 10.1. The Balaban J connectivity index is 1.97. The van der Waals surface area contributed by atoms with Gasteiger partial charge < -0.3 is 10.6 Å². The zero-order valence-corrected chi connectivity index (χ0v) is 11.3. The second-order valence-electron chi connectivity index (χ2n) is 4.42. The first-order chi connectivity index (χ1) is 9.69. The zero-order valence-electron chi connectivity index (χ0n) is 11.3. The number of hydrogen-bond acceptors (Lipinski definition) is 2. The van der Waals surface area contributed by atoms with E-state index in [0.717, 1.165) is 17.8 Å². The molecule has 0 spiro atoms. The van der Waals surface area contributed by atoms with Gasteiger partial charge in [0, 0.05) is 24.3 Å². The minimum absolute atomic E-state index is 0.144. The summed E-state index contributed by atoms with van der Waals surface area (Å²) in [7, 11) is 0. The highest BCUT2D eigenvalue weighted by Crippen LogP contribution is 2.10. The van der Waals surface area contributed by atoms with Crippen molar-refractivity contribution in [2.24, 2.45) is 0 Å². The van der Waals surface area contributed by atoms with Crippen molar-refractivity contribution in [2.45, 2.75) is 13.5 Å². The molecule has 1 amide bonds. The van der Waals surface area contributed by atoms with Crippen LogP contribution in [0.3, 0.4) is 0 Å². The lowest BCUT2D eigenvalue weighted by Crippen LogP contribution is -2.22. The Hall–Kier alpha value is -2.36. The Morgan fingerprint density at radius 3 is 2.60 bits per heavy atom. The van der Waals surface area contributed by atoms with Crippen LogP contribution in [0.1, 0.15) is 22.8 Å². The molecule has 0 radical (unpaired) electrons. The highest BCUT2D eigenvalue weighted by atomic mass is 19.1. The molecule has 3 nitrogen and oxygen atoms in total. The van der Waals surface area contributed by atoms with Crippen molar-refractivity contribution in [2.75, 3.05) is 11.9 Å². The molecule has 0 aliphatic rings. The molecule has 0 heterocycles. The molecule has 2 aromatic rings. The van der Waals surface area contributed by atoms with Gasteiger partial charge in [0.15, 0.2) is 0 Å². The standard InChI is InChI=1S/C16H17FN2O/c1-2-18-15-5-3-4-13(10-15)16(20)19-11-12-6-8-14(17)9-7-12/h3-10,18H,2,11H2,1H3,(H,19,20). The second kappa shape index (κ2) is 6.70. The fourth-order valence-corrected chi connectivity index (χ4v) is 1.86. The highest BCUT2D eigenvalue weighted by Gasteiger charge is 2.05. The number of benzene rings is 2. The predicted molar refractivity (Wildman–Crippen MR) is 78.2 cm³/mol. The van der Waals surface area contributed by atoms with E-state index in [1.807, 2.05) is 25.1 Å². The minimum Gasteiger partial charge on any atom is -0.385 e. The molecular weight excluding hydrogens is 255 g/mol. The lowest BCUT2D eigenvalue weighted by molar-refractivity contribution is 0.0951. The molecule has 2 aromatic carbocycles. The van der Waals surface area contributed by atoms with E-state index < -0.39 is 0 Å². The maximum atomic E-state index is 12.8. The fraction of sp³-hybridized carbons (Fsp3) is 0.188. The molecule has 0 unspecified atom stereocenters. The van der Waals surface area contributed by atoms with Crippen LogP contribution in [0.5, 0.6) is 0 Å². The number of amides is 1. The summed E-state index contributed by atoms with van der Waals surface area (Å²) in [6.45, 7) is 3.19. The summed E-state index contributed by atoms with van der Waals surface area (Å²) in [5, 5.41) is 5.98. The van der Waals surface area contributed by atoms with Crippen molar-refractivity contribution in [3.63, 3.8) is 0 Å². The summed E-state index contributed by atoms with van der Waals surface area (Å²) in [5.74, 6) is -0.424. The molecule has 0 aliphatic heterocycles. The van der Waals surface area contributed by atoms with Gasteiger partial charge in [0.05, 0.1) is 0 Å². The first-order valence-electron chi connectivity index (χ1n) is 6.55. The average Bonchev–Trinajstić information content (AvgIpc) is 2.47. The summed E-state index contributed by atoms with van der Waals surface area (Å²) in [5.41, 5.74) is 2.38. The summed E-state index contributed by atoms with van der Waals surface area (Å²) in [4.78, 5) is 12.0. The van der Waals surface area contributed by atoms with Crippen molar-refractivity contribution in [3.05, 3.63) is 65.5 Å². The highest BCUT2D eigenvalue weighted by molar-refractivity contribution is 5.95. The van der Waals surface area contributed by atoms with Crippen LogP contribution in [0.25, 0.3) is 0 Å². The molecule has 104 valence electrons. The maximum absolute atomic E-state index is 12.8. The number of anilines is 1. The number of nitrogens with one attached hydrogen (secondary N) is 2. The molecule has 20 heavy (non-hydrogen) atoms. The van der Waals surface area contributed by atoms with Gasteiger partial charge in [-0.15, -0.1) is 0 Å². The third kappa shape index (κ3) is 3.82. The van der Waals surface area contributed by atoms with Crippen LogP contribution in [-0.4, -0.2) is 12.5 Å². The number of rotatable bonds is 5. The molecule has 0 fully saturated rings. The smallest absolute Gasteiger partial charge is 0.251 e. The second-order valence-corrected chi connectivity index (χ2v) is 4.42. The third-order valence-corrected chi connectivity index (χ3v) is 2.87. The Labute approximate surface area is 117 Å². The van der Waals surface area contributed by atoms with E-state index in [4.69, 9.17) is 0 Å². The Bertz CT molecular complexity index is 581. The van der Waals surface area contributed by atoms with Gasteiger partial charge in [0.25, 0.3) is 5.91 Å². The molecule has 4 heteroatoms. The van der Waals surface area contributed by atoms with Crippen molar-refractivity contribution in [1.82, 2.24) is 5.32 Å². The SMILES string of the molecule is CCNc1cccc(C(=O)NCc2ccc(F)cc2)c1. The molecule has 2 rings (SSSR count). The first-order valence-corrected chi connectivity index (χ1v) is 6.55. The van der Waals surface area contributed by atoms with E-state index in [1.165, 1.54) is 12.1 Å². The van der Waals surface area contributed by atoms with E-state index in [2.05, 4.69) is 10.6 Å². The zero-order chi connectivity index (χ0) is 14.4. The van der Waals surface area contributed by atoms with E-state index in [0.29, 0.717) is 12.1 Å². The minimum atomic E-state index is -0.279. The van der Waals surface area contributed by atoms with Crippen molar-refractivity contribution >= 4 is 11.6 Å². The Morgan fingerprint density at radius 2 is 1.90 bits per heavy atom. The molecular formula is C16H17FN2O. The molecule has 0 aliphatic carbocycles. The third-order valence-electron chi connectivity index (χ3n) is 2.87. The molecule has 0 saturated heterocycles. The molecule has 2 N–H and O–H groups in total. The topological polar surface area (TPSA) is 41.1 Å². The van der Waals surface area contributed by atoms with E-state index in [9.17, 15) is 9.18 Å². The lowest BCUT2D eigenvalue weighted by Gasteiger charge is -2.08. The first kappa shape index (κ1) is 14.1. The van der Waals surface area contributed by atoms with Gasteiger partial charge in [-0.2, -0.15) is 0 Å². The molecule has 0 saturated carbocycles. The van der Waals surface area contributed by atoms with Crippen LogP contribution in [0.4, 0.5) is 10.1 Å². The van der Waals surface area contributed by atoms with Gasteiger partial charge in [0.2, 0.25) is 0 Å². The summed E-state index contributed by atoms with van der Waals surface area (Å²) in [6.07, 6.45) is 0. The summed E-state index contributed by atoms with van der Waals surface area (Å²) < 4.78 is 12.8. The van der Waals surface area contributed by atoms with E-state index in [-0.39, 0.29) is 11.7 Å². The van der Waals surface area contributed by atoms with Crippen LogP contribution in [-0.2, 0) is 6.54 Å². The van der Waals surface area contributed by atoms with Crippen LogP contribution < -0.4 is 10.6 Å². The van der Waals surface area contributed by atoms with Gasteiger partial charge in [-0.1, -0.05) is 18.2 Å². The van der Waals surface area contributed by atoms with E-state index >= 15 is 0 Å². The van der Waals surface area contributed by atoms with Crippen molar-refractivity contribution in [1.29, 1.82) is 0 Å². The number of carbonyl (C=O) groups is 1. The van der Waals surface area contributed by atoms with Crippen LogP contribution in [0.2, 0.25) is 0 Å². The molecule has 0 bridgehead atoms. The molecule has 0 atom stereocenters. The van der Waals surface area contributed by atoms with Gasteiger partial charge in [0.1, 0.15) is 5.82 Å². The summed E-state index contributed by atoms with van der Waals surface area (Å²) >= 11 is 0. The van der Waals surface area contributed by atoms with E-state index in [1.54, 1.807) is 18.2 Å². The number of hydrogen-bond donors (Lipinski definition) is 2. The monoisotopic (exact) mass is 272 g/mol. The quantitative estimate of drug-likeness (QED) is 0.877. The predicted octanol–water partition coefficient (Wildman–Crippen LogP) is 3.19. The largest absolute Gasteiger partial charge is 0.385 e. The Kier molecular flexibility index (Phi) is 4.71. The van der Waals surface area contributed by atoms with Crippen molar-refractivity contribution < 1.29 is 9.18 Å². The van der Waals surface area contributed by atoms with Gasteiger partial charge in [-0.25, -0.2) is 4.39 Å². The van der Waals surface area contributed by atoms with Gasteiger partial charge >= 0.3 is 0 Å². The Morgan fingerprint density at radius 1 is 1.15 bits per heavy atom. The van der Waals surface area contributed by atoms with Crippen LogP contribution >= 0.6 is 0 Å². The van der Waals surface area contributed by atoms with Crippen molar-refractivity contribution in [3.8, 4) is 0 Å². The van der Waals surface area contributed by atoms with Gasteiger partial charge in [-0.3, -0.25) is 4.79 Å². The number of halogens is 1. The van der Waals surface area contributed by atoms with Crippen LogP contribution in [0, 0.1) is 5.82 Å². The number of carbonyl (C=O) groups excluding carboxylic acids is 1. The summed E-state index contributed by atoms with van der Waals surface area (Å²) in [6, 6.07) is 13.4. The fourth-order valence-electron chi connectivity index (χ4n) is 1.86. The van der Waals surface area contributed by atoms with Gasteiger partial charge in [-0.05, 0) is 42.8 Å². The normalized spacial score (nSPS) is 10.1. The maximum Gasteiger partial charge on any atom is 0.251 e. The van der Waals surface area contributed by atoms with Crippen LogP contribution in [0.15, 0.2) is 48.5 Å². The molecule has 0 aromatic heterocycles.